The molecule has 78 valence electrons. The van der Waals surface area contributed by atoms with Gasteiger partial charge in [-0.1, -0.05) is 25.5 Å². The van der Waals surface area contributed by atoms with E-state index in [1.807, 2.05) is 0 Å². The predicted octanol–water partition coefficient (Wildman–Crippen LogP) is 5.13. The van der Waals surface area contributed by atoms with E-state index in [1.165, 1.54) is 25.7 Å². The SMILES string of the molecule is CC1C=CCCCC1.Cl[Si](Cl)(Cl)Cl. The lowest BCUT2D eigenvalue weighted by atomic mass is 10.1. The molecule has 0 nitrogen and oxygen atoms in total. The third kappa shape index (κ3) is 15.8. The summed E-state index contributed by atoms with van der Waals surface area (Å²) in [5.74, 6) is 0.845. The lowest BCUT2D eigenvalue weighted by Gasteiger charge is -1.98. The summed E-state index contributed by atoms with van der Waals surface area (Å²) < 4.78 is 0. The maximum absolute atomic E-state index is 4.97. The van der Waals surface area contributed by atoms with E-state index in [1.54, 1.807) is 0 Å². The second-order valence-corrected chi connectivity index (χ2v) is 14.3. The van der Waals surface area contributed by atoms with E-state index in [4.69, 9.17) is 44.3 Å². The van der Waals surface area contributed by atoms with E-state index < -0.39 is 5.31 Å². The molecule has 0 saturated heterocycles. The van der Waals surface area contributed by atoms with E-state index in [9.17, 15) is 0 Å². The smallest absolute Gasteiger partial charge is 0.110 e. The highest BCUT2D eigenvalue weighted by Gasteiger charge is 2.19. The minimum Gasteiger partial charge on any atom is -0.110 e. The molecule has 0 heterocycles. The third-order valence-corrected chi connectivity index (χ3v) is 1.74. The number of hydrogen-bond acceptors (Lipinski definition) is 0. The molecule has 0 spiro atoms. The van der Waals surface area contributed by atoms with Crippen molar-refractivity contribution >= 4 is 49.6 Å². The van der Waals surface area contributed by atoms with Crippen LogP contribution in [-0.2, 0) is 0 Å². The fourth-order valence-corrected chi connectivity index (χ4v) is 1.15. The number of hydrogen-bond donors (Lipinski definition) is 0. The van der Waals surface area contributed by atoms with Gasteiger partial charge >= 0.3 is 5.31 Å². The van der Waals surface area contributed by atoms with Crippen molar-refractivity contribution in [2.45, 2.75) is 32.6 Å². The minimum absolute atomic E-state index is 0.845. The topological polar surface area (TPSA) is 0 Å². The first-order valence-electron chi connectivity index (χ1n) is 4.32. The van der Waals surface area contributed by atoms with Crippen molar-refractivity contribution < 1.29 is 0 Å². The van der Waals surface area contributed by atoms with Gasteiger partial charge in [-0.3, -0.25) is 0 Å². The van der Waals surface area contributed by atoms with Crippen LogP contribution >= 0.6 is 44.3 Å². The van der Waals surface area contributed by atoms with Gasteiger partial charge in [-0.15, -0.1) is 44.3 Å². The predicted molar refractivity (Wildman–Crippen MR) is 65.9 cm³/mol. The molecule has 13 heavy (non-hydrogen) atoms. The van der Waals surface area contributed by atoms with Crippen LogP contribution in [0.25, 0.3) is 0 Å². The summed E-state index contributed by atoms with van der Waals surface area (Å²) in [7, 11) is 0. The summed E-state index contributed by atoms with van der Waals surface area (Å²) in [6.45, 7) is 2.29. The molecule has 1 unspecified atom stereocenters. The molecule has 0 aromatic heterocycles. The lowest BCUT2D eigenvalue weighted by Crippen LogP contribution is -1.91. The molecule has 1 atom stereocenters. The first kappa shape index (κ1) is 14.1. The van der Waals surface area contributed by atoms with Crippen molar-refractivity contribution in [2.24, 2.45) is 5.92 Å². The van der Waals surface area contributed by atoms with E-state index in [2.05, 4.69) is 19.1 Å². The standard InChI is InChI=1S/C8H14.Cl4Si/c1-8-6-4-2-3-5-7-8;1-5(2,3)4/h4,6,8H,2-3,5,7H2,1H3;. The van der Waals surface area contributed by atoms with Crippen LogP contribution in [0.15, 0.2) is 12.2 Å². The van der Waals surface area contributed by atoms with Gasteiger partial charge < -0.3 is 0 Å². The summed E-state index contributed by atoms with van der Waals surface area (Å²) in [6.07, 6.45) is 10.2. The molecule has 0 radical (unpaired) electrons. The fraction of sp³-hybridized carbons (Fsp3) is 0.750. The van der Waals surface area contributed by atoms with Gasteiger partial charge in [0.2, 0.25) is 0 Å². The number of allylic oxidation sites excluding steroid dienone is 2. The van der Waals surface area contributed by atoms with E-state index in [-0.39, 0.29) is 0 Å². The van der Waals surface area contributed by atoms with Crippen LogP contribution in [0.2, 0.25) is 0 Å². The number of rotatable bonds is 0. The monoisotopic (exact) mass is 278 g/mol. The molecular formula is C8H14Cl4Si. The highest BCUT2D eigenvalue weighted by molar-refractivity contribution is 7.81. The molecule has 0 aromatic rings. The van der Waals surface area contributed by atoms with Crippen molar-refractivity contribution in [1.29, 1.82) is 0 Å². The molecule has 1 rings (SSSR count). The van der Waals surface area contributed by atoms with Gasteiger partial charge in [0, 0.05) is 0 Å². The highest BCUT2D eigenvalue weighted by atomic mass is 36.0. The van der Waals surface area contributed by atoms with Crippen LogP contribution in [0.1, 0.15) is 32.6 Å². The van der Waals surface area contributed by atoms with Crippen molar-refractivity contribution in [3.05, 3.63) is 12.2 Å². The second kappa shape index (κ2) is 7.41. The van der Waals surface area contributed by atoms with Gasteiger partial charge in [0.25, 0.3) is 0 Å². The first-order chi connectivity index (χ1) is 5.89. The summed E-state index contributed by atoms with van der Waals surface area (Å²) in [5, 5.41) is -2.72. The quantitative estimate of drug-likeness (QED) is 0.328. The Bertz CT molecular complexity index is 147. The average molecular weight is 280 g/mol. The Kier molecular flexibility index (Phi) is 8.05. The molecule has 0 fully saturated rings. The van der Waals surface area contributed by atoms with Crippen LogP contribution in [0.4, 0.5) is 0 Å². The molecule has 5 heteroatoms. The zero-order valence-corrected chi connectivity index (χ0v) is 11.6. The lowest BCUT2D eigenvalue weighted by molar-refractivity contribution is 0.605. The van der Waals surface area contributed by atoms with Gasteiger partial charge in [0.1, 0.15) is 0 Å². The maximum Gasteiger partial charge on any atom is 0.440 e. The van der Waals surface area contributed by atoms with Crippen molar-refractivity contribution in [1.82, 2.24) is 0 Å². The van der Waals surface area contributed by atoms with Gasteiger partial charge in [-0.2, -0.15) is 0 Å². The Balaban J connectivity index is 0.000000252. The van der Waals surface area contributed by atoms with Crippen molar-refractivity contribution in [3.8, 4) is 0 Å². The number of halogens is 4. The van der Waals surface area contributed by atoms with Gasteiger partial charge in [-0.05, 0) is 25.2 Å². The molecule has 0 bridgehead atoms. The normalized spacial score (nSPS) is 23.0. The molecular weight excluding hydrogens is 266 g/mol. The highest BCUT2D eigenvalue weighted by Crippen LogP contribution is 2.23. The Morgan fingerprint density at radius 2 is 1.69 bits per heavy atom. The van der Waals surface area contributed by atoms with Gasteiger partial charge in [0.05, 0.1) is 0 Å². The van der Waals surface area contributed by atoms with E-state index in [0.29, 0.717) is 0 Å². The first-order valence-corrected chi connectivity index (χ1v) is 10.4. The Labute approximate surface area is 100 Å². The summed E-state index contributed by atoms with van der Waals surface area (Å²) in [4.78, 5) is 0. The maximum atomic E-state index is 4.97. The van der Waals surface area contributed by atoms with Crippen LogP contribution in [0, 0.1) is 5.92 Å². The van der Waals surface area contributed by atoms with Crippen LogP contribution in [0.3, 0.4) is 0 Å². The van der Waals surface area contributed by atoms with Crippen LogP contribution in [0.5, 0.6) is 0 Å². The van der Waals surface area contributed by atoms with E-state index in [0.717, 1.165) is 5.92 Å². The summed E-state index contributed by atoms with van der Waals surface area (Å²) in [6, 6.07) is 0. The van der Waals surface area contributed by atoms with E-state index >= 15 is 0 Å². The van der Waals surface area contributed by atoms with Gasteiger partial charge in [-0.25, -0.2) is 0 Å². The minimum atomic E-state index is -2.72. The molecule has 0 N–H and O–H groups in total. The largest absolute Gasteiger partial charge is 0.440 e. The molecule has 1 aliphatic rings. The zero-order chi connectivity index (χ0) is 10.3. The fourth-order valence-electron chi connectivity index (χ4n) is 1.15. The molecule has 0 aromatic carbocycles. The van der Waals surface area contributed by atoms with Crippen molar-refractivity contribution in [2.75, 3.05) is 0 Å². The molecule has 0 amide bonds. The van der Waals surface area contributed by atoms with Crippen molar-refractivity contribution in [3.63, 3.8) is 0 Å². The zero-order valence-electron chi connectivity index (χ0n) is 7.57. The summed E-state index contributed by atoms with van der Waals surface area (Å²) in [5.41, 5.74) is 0. The Hall–Kier alpha value is 1.12. The molecule has 0 aliphatic heterocycles. The van der Waals surface area contributed by atoms with Crippen LogP contribution < -0.4 is 0 Å². The van der Waals surface area contributed by atoms with Crippen LogP contribution in [-0.4, -0.2) is 5.31 Å². The third-order valence-electron chi connectivity index (χ3n) is 1.74. The molecule has 1 aliphatic carbocycles. The molecule has 0 saturated carbocycles. The van der Waals surface area contributed by atoms with Gasteiger partial charge in [0.15, 0.2) is 0 Å². The Morgan fingerprint density at radius 3 is 2.23 bits per heavy atom. The Morgan fingerprint density at radius 1 is 1.15 bits per heavy atom. The summed E-state index contributed by atoms with van der Waals surface area (Å²) >= 11 is 19.9. The average Bonchev–Trinajstić information content (AvgIpc) is 2.12. The second-order valence-electron chi connectivity index (χ2n) is 3.12.